The highest BCUT2D eigenvalue weighted by atomic mass is 79.9. The van der Waals surface area contributed by atoms with Crippen LogP contribution in [-0.4, -0.2) is 0 Å². The van der Waals surface area contributed by atoms with Crippen LogP contribution in [0.5, 0.6) is 5.75 Å². The lowest BCUT2D eigenvalue weighted by molar-refractivity contribution is 0.303. The van der Waals surface area contributed by atoms with Gasteiger partial charge in [-0.15, -0.1) is 0 Å². The molecule has 0 aliphatic carbocycles. The molecule has 0 amide bonds. The first-order valence-corrected chi connectivity index (χ1v) is 6.70. The largest absolute Gasteiger partial charge is 0.489 e. The fraction of sp³-hybridized carbons (Fsp3) is 0.200. The first kappa shape index (κ1) is 13.9. The summed E-state index contributed by atoms with van der Waals surface area (Å²) in [7, 11) is 0. The van der Waals surface area contributed by atoms with Gasteiger partial charge >= 0.3 is 0 Å². The van der Waals surface area contributed by atoms with E-state index >= 15 is 0 Å². The topological polar surface area (TPSA) is 35.2 Å². The van der Waals surface area contributed by atoms with E-state index in [1.54, 1.807) is 6.07 Å². The Morgan fingerprint density at radius 1 is 1.16 bits per heavy atom. The number of benzene rings is 2. The highest BCUT2D eigenvalue weighted by molar-refractivity contribution is 9.10. The van der Waals surface area contributed by atoms with Crippen molar-refractivity contribution in [3.63, 3.8) is 0 Å². The van der Waals surface area contributed by atoms with Crippen molar-refractivity contribution in [2.75, 3.05) is 5.73 Å². The zero-order valence-corrected chi connectivity index (χ0v) is 12.4. The van der Waals surface area contributed by atoms with Crippen LogP contribution in [0.2, 0.25) is 0 Å². The Kier molecular flexibility index (Phi) is 4.10. The third kappa shape index (κ3) is 3.26. The maximum absolute atomic E-state index is 13.0. The van der Waals surface area contributed by atoms with E-state index in [1.165, 1.54) is 12.1 Å². The molecule has 0 aromatic heterocycles. The van der Waals surface area contributed by atoms with Gasteiger partial charge in [-0.3, -0.25) is 0 Å². The van der Waals surface area contributed by atoms with Crippen molar-refractivity contribution in [3.8, 4) is 5.75 Å². The molecule has 0 saturated heterocycles. The van der Waals surface area contributed by atoms with Gasteiger partial charge in [0.25, 0.3) is 0 Å². The van der Waals surface area contributed by atoms with Gasteiger partial charge in [0.1, 0.15) is 18.2 Å². The minimum absolute atomic E-state index is 0.272. The van der Waals surface area contributed by atoms with Gasteiger partial charge in [-0.2, -0.15) is 0 Å². The zero-order chi connectivity index (χ0) is 14.0. The summed E-state index contributed by atoms with van der Waals surface area (Å²) in [4.78, 5) is 0. The predicted octanol–water partition coefficient (Wildman–Crippen LogP) is 4.37. The lowest BCUT2D eigenvalue weighted by atomic mass is 10.1. The monoisotopic (exact) mass is 323 g/mol. The Morgan fingerprint density at radius 3 is 2.58 bits per heavy atom. The number of hydrogen-bond donors (Lipinski definition) is 1. The van der Waals surface area contributed by atoms with Crippen LogP contribution >= 0.6 is 15.9 Å². The van der Waals surface area contributed by atoms with Crippen molar-refractivity contribution >= 4 is 21.6 Å². The summed E-state index contributed by atoms with van der Waals surface area (Å²) in [6, 6.07) is 8.35. The van der Waals surface area contributed by atoms with Crippen molar-refractivity contribution in [2.24, 2.45) is 0 Å². The molecular formula is C15H15BrFNO. The van der Waals surface area contributed by atoms with Crippen LogP contribution in [0.4, 0.5) is 10.1 Å². The summed E-state index contributed by atoms with van der Waals surface area (Å²) in [5.74, 6) is 0.478. The first-order valence-electron chi connectivity index (χ1n) is 5.91. The van der Waals surface area contributed by atoms with Crippen LogP contribution in [0.3, 0.4) is 0 Å². The van der Waals surface area contributed by atoms with Crippen LogP contribution in [-0.2, 0) is 6.61 Å². The number of hydrogen-bond acceptors (Lipinski definition) is 2. The molecule has 0 atom stereocenters. The standard InChI is InChI=1S/C15H15BrFNO/c1-9-5-10(2)15(7-14(9)18)19-8-11-3-4-12(17)6-13(11)16/h3-7H,8,18H2,1-2H3. The SMILES string of the molecule is Cc1cc(C)c(OCc2ccc(F)cc2Br)cc1N. The van der Waals surface area contributed by atoms with Crippen LogP contribution in [0.15, 0.2) is 34.8 Å². The zero-order valence-electron chi connectivity index (χ0n) is 10.8. The molecule has 0 fully saturated rings. The van der Waals surface area contributed by atoms with Crippen molar-refractivity contribution in [1.29, 1.82) is 0 Å². The smallest absolute Gasteiger partial charge is 0.124 e. The molecule has 0 heterocycles. The minimum atomic E-state index is -0.272. The molecular weight excluding hydrogens is 309 g/mol. The van der Waals surface area contributed by atoms with Crippen molar-refractivity contribution in [3.05, 3.63) is 57.3 Å². The second kappa shape index (κ2) is 5.61. The third-order valence-corrected chi connectivity index (χ3v) is 3.70. The normalized spacial score (nSPS) is 10.5. The number of ether oxygens (including phenoxy) is 1. The molecule has 2 rings (SSSR count). The summed E-state index contributed by atoms with van der Waals surface area (Å²) < 4.78 is 19.4. The van der Waals surface area contributed by atoms with Crippen molar-refractivity contribution < 1.29 is 9.13 Å². The number of nitrogen functional groups attached to an aromatic ring is 1. The van der Waals surface area contributed by atoms with Gasteiger partial charge in [-0.05, 0) is 37.1 Å². The molecule has 0 radical (unpaired) electrons. The molecule has 0 aliphatic rings. The van der Waals surface area contributed by atoms with Gasteiger partial charge in [-0.25, -0.2) is 4.39 Å². The number of rotatable bonds is 3. The molecule has 0 bridgehead atoms. The van der Waals surface area contributed by atoms with E-state index in [4.69, 9.17) is 10.5 Å². The van der Waals surface area contributed by atoms with E-state index in [2.05, 4.69) is 15.9 Å². The van der Waals surface area contributed by atoms with Gasteiger partial charge in [-0.1, -0.05) is 28.1 Å². The number of nitrogens with two attached hydrogens (primary N) is 1. The minimum Gasteiger partial charge on any atom is -0.489 e. The number of aryl methyl sites for hydroxylation is 2. The lowest BCUT2D eigenvalue weighted by Gasteiger charge is -2.12. The molecule has 0 spiro atoms. The van der Waals surface area contributed by atoms with Gasteiger partial charge < -0.3 is 10.5 Å². The molecule has 0 saturated carbocycles. The van der Waals surface area contributed by atoms with Crippen molar-refractivity contribution in [1.82, 2.24) is 0 Å². The lowest BCUT2D eigenvalue weighted by Crippen LogP contribution is -2.00. The summed E-state index contributed by atoms with van der Waals surface area (Å²) in [6.07, 6.45) is 0. The van der Waals surface area contributed by atoms with Gasteiger partial charge in [0.15, 0.2) is 0 Å². The van der Waals surface area contributed by atoms with E-state index in [0.717, 1.165) is 22.4 Å². The maximum atomic E-state index is 13.0. The second-order valence-electron chi connectivity index (χ2n) is 4.50. The molecule has 2 aromatic carbocycles. The van der Waals surface area contributed by atoms with Gasteiger partial charge in [0.05, 0.1) is 0 Å². The second-order valence-corrected chi connectivity index (χ2v) is 5.35. The summed E-state index contributed by atoms with van der Waals surface area (Å²) in [6.45, 7) is 4.30. The van der Waals surface area contributed by atoms with Crippen LogP contribution in [0.25, 0.3) is 0 Å². The highest BCUT2D eigenvalue weighted by Crippen LogP contribution is 2.26. The maximum Gasteiger partial charge on any atom is 0.124 e. The fourth-order valence-corrected chi connectivity index (χ4v) is 2.26. The fourth-order valence-electron chi connectivity index (χ4n) is 1.80. The van der Waals surface area contributed by atoms with E-state index < -0.39 is 0 Å². The molecule has 100 valence electrons. The van der Waals surface area contributed by atoms with Crippen LogP contribution in [0, 0.1) is 19.7 Å². The molecule has 4 heteroatoms. The Bertz CT molecular complexity index is 613. The average molecular weight is 324 g/mol. The van der Waals surface area contributed by atoms with E-state index in [9.17, 15) is 4.39 Å². The molecule has 2 aromatic rings. The summed E-state index contributed by atoms with van der Waals surface area (Å²) in [5, 5.41) is 0. The Labute approximate surface area is 120 Å². The van der Waals surface area contributed by atoms with Gasteiger partial charge in [0.2, 0.25) is 0 Å². The van der Waals surface area contributed by atoms with E-state index in [0.29, 0.717) is 16.8 Å². The molecule has 0 aliphatic heterocycles. The Morgan fingerprint density at radius 2 is 1.89 bits per heavy atom. The first-order chi connectivity index (χ1) is 8.97. The third-order valence-electron chi connectivity index (χ3n) is 2.96. The Balaban J connectivity index is 2.16. The van der Waals surface area contributed by atoms with Crippen LogP contribution < -0.4 is 10.5 Å². The molecule has 2 N–H and O–H groups in total. The predicted molar refractivity (Wildman–Crippen MR) is 78.8 cm³/mol. The van der Waals surface area contributed by atoms with Gasteiger partial charge in [0, 0.05) is 21.8 Å². The van der Waals surface area contributed by atoms with E-state index in [1.807, 2.05) is 26.0 Å². The Hall–Kier alpha value is -1.55. The van der Waals surface area contributed by atoms with Crippen molar-refractivity contribution in [2.45, 2.75) is 20.5 Å². The average Bonchev–Trinajstić information content (AvgIpc) is 2.34. The summed E-state index contributed by atoms with van der Waals surface area (Å²) in [5.41, 5.74) is 9.53. The molecule has 0 unspecified atom stereocenters. The highest BCUT2D eigenvalue weighted by Gasteiger charge is 2.06. The number of anilines is 1. The quantitative estimate of drug-likeness (QED) is 0.851. The number of halogens is 2. The molecule has 19 heavy (non-hydrogen) atoms. The van der Waals surface area contributed by atoms with Crippen LogP contribution in [0.1, 0.15) is 16.7 Å². The molecule has 2 nitrogen and oxygen atoms in total. The van der Waals surface area contributed by atoms with E-state index in [-0.39, 0.29) is 5.82 Å². The summed E-state index contributed by atoms with van der Waals surface area (Å²) >= 11 is 3.32.